The first-order valence-corrected chi connectivity index (χ1v) is 8.32. The number of ether oxygens (including phenoxy) is 1. The highest BCUT2D eigenvalue weighted by molar-refractivity contribution is 6.30. The van der Waals surface area contributed by atoms with Gasteiger partial charge in [-0.25, -0.2) is 0 Å². The van der Waals surface area contributed by atoms with Crippen LogP contribution in [0.15, 0.2) is 24.3 Å². The van der Waals surface area contributed by atoms with Gasteiger partial charge in [0.2, 0.25) is 5.91 Å². The maximum Gasteiger partial charge on any atom is 0.222 e. The molecule has 122 valence electrons. The van der Waals surface area contributed by atoms with Gasteiger partial charge in [-0.3, -0.25) is 4.79 Å². The zero-order valence-electron chi connectivity index (χ0n) is 13.2. The predicted molar refractivity (Wildman–Crippen MR) is 89.3 cm³/mol. The Bertz CT molecular complexity index is 464. The zero-order valence-corrected chi connectivity index (χ0v) is 13.9. The SMILES string of the molecule is COCCNCC[C@@H]1CCC(=O)N1CCc1ccc(Cl)cc1. The number of hydrogen-bond donors (Lipinski definition) is 1. The van der Waals surface area contributed by atoms with Crippen LogP contribution in [-0.2, 0) is 16.0 Å². The van der Waals surface area contributed by atoms with Crippen molar-refractivity contribution in [3.05, 3.63) is 34.9 Å². The number of nitrogens with zero attached hydrogens (tertiary/aromatic N) is 1. The lowest BCUT2D eigenvalue weighted by atomic mass is 10.1. The molecule has 1 N–H and O–H groups in total. The third-order valence-electron chi connectivity index (χ3n) is 4.14. The summed E-state index contributed by atoms with van der Waals surface area (Å²) in [6, 6.07) is 8.24. The van der Waals surface area contributed by atoms with E-state index < -0.39 is 0 Å². The van der Waals surface area contributed by atoms with E-state index in [0.717, 1.165) is 50.5 Å². The van der Waals surface area contributed by atoms with Crippen LogP contribution < -0.4 is 5.32 Å². The van der Waals surface area contributed by atoms with E-state index in [1.165, 1.54) is 5.56 Å². The molecule has 0 aliphatic carbocycles. The molecule has 5 heteroatoms. The van der Waals surface area contributed by atoms with Crippen molar-refractivity contribution in [3.63, 3.8) is 0 Å². The fourth-order valence-corrected chi connectivity index (χ4v) is 3.00. The Kier molecular flexibility index (Phi) is 7.16. The maximum atomic E-state index is 12.1. The first kappa shape index (κ1) is 17.3. The molecule has 0 saturated carbocycles. The number of methoxy groups -OCH3 is 1. The Morgan fingerprint density at radius 2 is 2.09 bits per heavy atom. The Hall–Kier alpha value is -1.10. The van der Waals surface area contributed by atoms with Crippen LogP contribution in [0.5, 0.6) is 0 Å². The van der Waals surface area contributed by atoms with Crippen molar-refractivity contribution in [2.24, 2.45) is 0 Å². The molecule has 0 unspecified atom stereocenters. The lowest BCUT2D eigenvalue weighted by molar-refractivity contribution is -0.129. The Morgan fingerprint density at radius 3 is 2.82 bits per heavy atom. The lowest BCUT2D eigenvalue weighted by Gasteiger charge is -2.25. The number of benzene rings is 1. The van der Waals surface area contributed by atoms with E-state index in [-0.39, 0.29) is 5.91 Å². The molecule has 0 spiro atoms. The van der Waals surface area contributed by atoms with E-state index in [9.17, 15) is 4.79 Å². The minimum absolute atomic E-state index is 0.288. The second-order valence-corrected chi connectivity index (χ2v) is 6.12. The molecule has 1 saturated heterocycles. The number of carbonyl (C=O) groups is 1. The number of nitrogens with one attached hydrogen (secondary N) is 1. The molecule has 1 aromatic carbocycles. The summed E-state index contributed by atoms with van der Waals surface area (Å²) >= 11 is 5.90. The van der Waals surface area contributed by atoms with Crippen LogP contribution >= 0.6 is 11.6 Å². The predicted octanol–water partition coefficient (Wildman–Crippen LogP) is 2.50. The van der Waals surface area contributed by atoms with Gasteiger partial charge in [-0.1, -0.05) is 23.7 Å². The Labute approximate surface area is 137 Å². The standard InChI is InChI=1S/C17H25ClN2O2/c1-22-13-11-19-10-8-16-6-7-17(21)20(16)12-9-14-2-4-15(18)5-3-14/h2-5,16,19H,6-13H2,1H3/t16-/m0/s1. The lowest BCUT2D eigenvalue weighted by Crippen LogP contribution is -2.37. The third-order valence-corrected chi connectivity index (χ3v) is 4.40. The topological polar surface area (TPSA) is 41.6 Å². The van der Waals surface area contributed by atoms with Gasteiger partial charge in [-0.05, 0) is 43.5 Å². The zero-order chi connectivity index (χ0) is 15.8. The van der Waals surface area contributed by atoms with E-state index in [1.807, 2.05) is 29.2 Å². The van der Waals surface area contributed by atoms with Crippen LogP contribution in [0.4, 0.5) is 0 Å². The van der Waals surface area contributed by atoms with E-state index in [0.29, 0.717) is 12.5 Å². The van der Waals surface area contributed by atoms with Crippen molar-refractivity contribution in [1.82, 2.24) is 10.2 Å². The first-order chi connectivity index (χ1) is 10.7. The van der Waals surface area contributed by atoms with E-state index >= 15 is 0 Å². The van der Waals surface area contributed by atoms with Gasteiger partial charge in [-0.15, -0.1) is 0 Å². The summed E-state index contributed by atoms with van der Waals surface area (Å²) in [5, 5.41) is 4.10. The summed E-state index contributed by atoms with van der Waals surface area (Å²) in [7, 11) is 1.70. The van der Waals surface area contributed by atoms with Crippen molar-refractivity contribution in [3.8, 4) is 0 Å². The summed E-state index contributed by atoms with van der Waals surface area (Å²) in [4.78, 5) is 14.1. The molecule has 1 atom stereocenters. The quantitative estimate of drug-likeness (QED) is 0.710. The number of rotatable bonds is 9. The molecule has 1 aromatic rings. The van der Waals surface area contributed by atoms with Gasteiger partial charge in [0.25, 0.3) is 0 Å². The van der Waals surface area contributed by atoms with Gasteiger partial charge in [0.05, 0.1) is 6.61 Å². The van der Waals surface area contributed by atoms with Gasteiger partial charge in [0.15, 0.2) is 0 Å². The number of carbonyl (C=O) groups excluding carboxylic acids is 1. The minimum Gasteiger partial charge on any atom is -0.383 e. The maximum absolute atomic E-state index is 12.1. The van der Waals surface area contributed by atoms with Crippen LogP contribution in [0.2, 0.25) is 5.02 Å². The van der Waals surface area contributed by atoms with Crippen molar-refractivity contribution in [1.29, 1.82) is 0 Å². The molecule has 1 heterocycles. The first-order valence-electron chi connectivity index (χ1n) is 7.94. The summed E-state index contributed by atoms with van der Waals surface area (Å²) in [6.07, 6.45) is 3.56. The molecule has 4 nitrogen and oxygen atoms in total. The van der Waals surface area contributed by atoms with Crippen molar-refractivity contribution in [2.75, 3.05) is 33.4 Å². The monoisotopic (exact) mass is 324 g/mol. The van der Waals surface area contributed by atoms with Crippen LogP contribution in [0, 0.1) is 0 Å². The molecule has 1 aliphatic rings. The molecule has 1 amide bonds. The average Bonchev–Trinajstić information content (AvgIpc) is 2.87. The normalized spacial score (nSPS) is 18.2. The second-order valence-electron chi connectivity index (χ2n) is 5.69. The van der Waals surface area contributed by atoms with Gasteiger partial charge < -0.3 is 15.0 Å². The van der Waals surface area contributed by atoms with Gasteiger partial charge in [0.1, 0.15) is 0 Å². The van der Waals surface area contributed by atoms with Crippen LogP contribution in [0.1, 0.15) is 24.8 Å². The molecular formula is C17H25ClN2O2. The number of amides is 1. The van der Waals surface area contributed by atoms with Crippen LogP contribution in [0.25, 0.3) is 0 Å². The summed E-state index contributed by atoms with van der Waals surface area (Å²) in [5.74, 6) is 0.288. The van der Waals surface area contributed by atoms with E-state index in [1.54, 1.807) is 7.11 Å². The summed E-state index contributed by atoms with van der Waals surface area (Å²) in [6.45, 7) is 3.31. The minimum atomic E-state index is 0.288. The van der Waals surface area contributed by atoms with Gasteiger partial charge in [-0.2, -0.15) is 0 Å². The van der Waals surface area contributed by atoms with Crippen molar-refractivity contribution >= 4 is 17.5 Å². The number of halogens is 1. The highest BCUT2D eigenvalue weighted by Crippen LogP contribution is 2.21. The molecule has 1 aliphatic heterocycles. The molecule has 0 aromatic heterocycles. The van der Waals surface area contributed by atoms with Gasteiger partial charge in [0, 0.05) is 37.7 Å². The number of likely N-dealkylation sites (tertiary alicyclic amines) is 1. The van der Waals surface area contributed by atoms with Gasteiger partial charge >= 0.3 is 0 Å². The second kappa shape index (κ2) is 9.13. The third kappa shape index (κ3) is 5.27. The van der Waals surface area contributed by atoms with Crippen LogP contribution in [-0.4, -0.2) is 50.2 Å². The number of hydrogen-bond acceptors (Lipinski definition) is 3. The summed E-state index contributed by atoms with van der Waals surface area (Å²) in [5.41, 5.74) is 1.22. The average molecular weight is 325 g/mol. The summed E-state index contributed by atoms with van der Waals surface area (Å²) < 4.78 is 5.01. The molecule has 1 fully saturated rings. The van der Waals surface area contributed by atoms with E-state index in [4.69, 9.17) is 16.3 Å². The van der Waals surface area contributed by atoms with E-state index in [2.05, 4.69) is 5.32 Å². The molecule has 22 heavy (non-hydrogen) atoms. The highest BCUT2D eigenvalue weighted by Gasteiger charge is 2.29. The largest absolute Gasteiger partial charge is 0.383 e. The van der Waals surface area contributed by atoms with Crippen molar-refractivity contribution in [2.45, 2.75) is 31.7 Å². The highest BCUT2D eigenvalue weighted by atomic mass is 35.5. The molecule has 0 bridgehead atoms. The fourth-order valence-electron chi connectivity index (χ4n) is 2.87. The molecule has 0 radical (unpaired) electrons. The molecule has 2 rings (SSSR count). The smallest absolute Gasteiger partial charge is 0.222 e. The fraction of sp³-hybridized carbons (Fsp3) is 0.588. The van der Waals surface area contributed by atoms with Crippen molar-refractivity contribution < 1.29 is 9.53 Å². The Morgan fingerprint density at radius 1 is 1.32 bits per heavy atom. The molecular weight excluding hydrogens is 300 g/mol. The Balaban J connectivity index is 1.76. The van der Waals surface area contributed by atoms with Crippen LogP contribution in [0.3, 0.4) is 0 Å².